The molecule has 0 fully saturated rings. The fourth-order valence-corrected chi connectivity index (χ4v) is 2.66. The van der Waals surface area contributed by atoms with Crippen LogP contribution >= 0.6 is 0 Å². The monoisotopic (exact) mass is 358 g/mol. The Morgan fingerprint density at radius 2 is 1.96 bits per heavy atom. The Morgan fingerprint density at radius 1 is 1.15 bits per heavy atom. The first-order valence-corrected chi connectivity index (χ1v) is 8.87. The molecule has 0 saturated heterocycles. The number of aromatic nitrogens is 1. The van der Waals surface area contributed by atoms with Gasteiger partial charge in [0.15, 0.2) is 5.96 Å². The van der Waals surface area contributed by atoms with Crippen LogP contribution in [0.3, 0.4) is 0 Å². The van der Waals surface area contributed by atoms with E-state index in [0.717, 1.165) is 30.6 Å². The number of unbranched alkanes of at least 4 members (excludes halogenated alkanes) is 1. The van der Waals surface area contributed by atoms with E-state index in [1.54, 1.807) is 36.7 Å². The summed E-state index contributed by atoms with van der Waals surface area (Å²) in [5, 5.41) is 6.42. The zero-order valence-electron chi connectivity index (χ0n) is 15.7. The molecule has 0 atom stereocenters. The molecule has 2 rings (SSSR count). The molecule has 140 valence electrons. The van der Waals surface area contributed by atoms with Crippen molar-refractivity contribution in [2.45, 2.75) is 39.8 Å². The molecule has 2 N–H and O–H groups in total. The van der Waals surface area contributed by atoms with Gasteiger partial charge in [-0.15, -0.1) is 0 Å². The minimum Gasteiger partial charge on any atom is -0.356 e. The lowest BCUT2D eigenvalue weighted by Crippen LogP contribution is -2.37. The number of rotatable bonds is 7. The first kappa shape index (κ1) is 19.7. The van der Waals surface area contributed by atoms with Crippen LogP contribution in [-0.2, 0) is 13.1 Å². The fraction of sp³-hybridized carbons (Fsp3) is 0.400. The van der Waals surface area contributed by atoms with Gasteiger partial charge in [0.25, 0.3) is 5.56 Å². The summed E-state index contributed by atoms with van der Waals surface area (Å²) in [6.07, 6.45) is 1.82. The molecular formula is C20H27FN4O. The molecule has 6 heteroatoms. The fourth-order valence-electron chi connectivity index (χ4n) is 2.66. The molecule has 1 heterocycles. The lowest BCUT2D eigenvalue weighted by Gasteiger charge is -2.13. The van der Waals surface area contributed by atoms with Gasteiger partial charge < -0.3 is 15.2 Å². The van der Waals surface area contributed by atoms with Gasteiger partial charge in [0, 0.05) is 38.4 Å². The highest BCUT2D eigenvalue weighted by Crippen LogP contribution is 2.08. The van der Waals surface area contributed by atoms with Crippen molar-refractivity contribution in [3.63, 3.8) is 0 Å². The Balaban J connectivity index is 1.72. The van der Waals surface area contributed by atoms with Gasteiger partial charge in [-0.1, -0.05) is 18.2 Å². The molecule has 1 aromatic heterocycles. The molecule has 1 aromatic carbocycles. The predicted molar refractivity (Wildman–Crippen MR) is 104 cm³/mol. The second-order valence-electron chi connectivity index (χ2n) is 6.30. The Morgan fingerprint density at radius 3 is 2.65 bits per heavy atom. The van der Waals surface area contributed by atoms with Crippen molar-refractivity contribution in [2.24, 2.45) is 4.99 Å². The average Bonchev–Trinajstić information content (AvgIpc) is 2.62. The Labute approximate surface area is 154 Å². The maximum absolute atomic E-state index is 13.6. The Kier molecular flexibility index (Phi) is 7.38. The van der Waals surface area contributed by atoms with Crippen molar-refractivity contribution >= 4 is 5.96 Å². The van der Waals surface area contributed by atoms with E-state index in [2.05, 4.69) is 15.6 Å². The lowest BCUT2D eigenvalue weighted by molar-refractivity contribution is 0.574. The molecule has 0 saturated carbocycles. The summed E-state index contributed by atoms with van der Waals surface area (Å²) in [7, 11) is 1.71. The number of benzene rings is 1. The van der Waals surface area contributed by atoms with Gasteiger partial charge in [0.2, 0.25) is 0 Å². The third-order valence-electron chi connectivity index (χ3n) is 4.29. The van der Waals surface area contributed by atoms with Crippen molar-refractivity contribution < 1.29 is 4.39 Å². The van der Waals surface area contributed by atoms with E-state index in [1.807, 2.05) is 19.1 Å². The zero-order chi connectivity index (χ0) is 18.9. The Hall–Kier alpha value is -2.63. The molecule has 26 heavy (non-hydrogen) atoms. The van der Waals surface area contributed by atoms with E-state index < -0.39 is 0 Å². The van der Waals surface area contributed by atoms with Crippen molar-refractivity contribution in [3.8, 4) is 0 Å². The first-order valence-electron chi connectivity index (χ1n) is 8.87. The number of pyridine rings is 1. The van der Waals surface area contributed by atoms with Crippen LogP contribution < -0.4 is 16.2 Å². The quantitative estimate of drug-likeness (QED) is 0.455. The second-order valence-corrected chi connectivity index (χ2v) is 6.30. The van der Waals surface area contributed by atoms with E-state index in [4.69, 9.17) is 0 Å². The van der Waals surface area contributed by atoms with E-state index in [9.17, 15) is 9.18 Å². The number of guanidine groups is 1. The summed E-state index contributed by atoms with van der Waals surface area (Å²) in [6.45, 7) is 5.66. The molecule has 2 aromatic rings. The minimum atomic E-state index is -0.196. The normalized spacial score (nSPS) is 11.5. The number of halogens is 1. The molecule has 0 bridgehead atoms. The van der Waals surface area contributed by atoms with Gasteiger partial charge in [-0.05, 0) is 49.9 Å². The van der Waals surface area contributed by atoms with Gasteiger partial charge in [-0.3, -0.25) is 9.79 Å². The number of nitrogens with one attached hydrogen (secondary N) is 2. The summed E-state index contributed by atoms with van der Waals surface area (Å²) >= 11 is 0. The predicted octanol–water partition coefficient (Wildman–Crippen LogP) is 2.75. The number of hydrogen-bond donors (Lipinski definition) is 2. The number of aryl methyl sites for hydroxylation is 2. The van der Waals surface area contributed by atoms with E-state index in [-0.39, 0.29) is 11.4 Å². The van der Waals surface area contributed by atoms with Crippen LogP contribution in [0.5, 0.6) is 0 Å². The topological polar surface area (TPSA) is 58.4 Å². The molecule has 0 aliphatic rings. The van der Waals surface area contributed by atoms with Crippen molar-refractivity contribution in [1.29, 1.82) is 0 Å². The minimum absolute atomic E-state index is 0.0424. The molecule has 5 nitrogen and oxygen atoms in total. The number of hydrogen-bond acceptors (Lipinski definition) is 2. The third-order valence-corrected chi connectivity index (χ3v) is 4.29. The van der Waals surface area contributed by atoms with Crippen LogP contribution in [0.2, 0.25) is 0 Å². The molecule has 0 amide bonds. The molecular weight excluding hydrogens is 331 g/mol. The smallest absolute Gasteiger partial charge is 0.250 e. The van der Waals surface area contributed by atoms with E-state index >= 15 is 0 Å². The van der Waals surface area contributed by atoms with Gasteiger partial charge >= 0.3 is 0 Å². The molecule has 0 unspecified atom stereocenters. The van der Waals surface area contributed by atoms with Crippen LogP contribution in [0.15, 0.2) is 46.2 Å². The highest BCUT2D eigenvalue weighted by atomic mass is 19.1. The lowest BCUT2D eigenvalue weighted by atomic mass is 10.1. The summed E-state index contributed by atoms with van der Waals surface area (Å²) in [5.74, 6) is 0.484. The van der Waals surface area contributed by atoms with Crippen LogP contribution in [0.1, 0.15) is 29.7 Å². The first-order chi connectivity index (χ1) is 12.5. The highest BCUT2D eigenvalue weighted by molar-refractivity contribution is 5.79. The van der Waals surface area contributed by atoms with Gasteiger partial charge in [-0.25, -0.2) is 4.39 Å². The van der Waals surface area contributed by atoms with Crippen molar-refractivity contribution in [3.05, 3.63) is 69.4 Å². The van der Waals surface area contributed by atoms with Crippen LogP contribution in [0, 0.1) is 19.7 Å². The summed E-state index contributed by atoms with van der Waals surface area (Å²) in [4.78, 5) is 16.0. The standard InChI is InChI=1S/C20H27FN4O/c1-15-9-10-17(13-18(15)21)14-24-20(22-3)23-11-4-5-12-25-16(2)7-6-8-19(25)26/h6-10,13H,4-5,11-12,14H2,1-3H3,(H2,22,23,24). The van der Waals surface area contributed by atoms with Gasteiger partial charge in [-0.2, -0.15) is 0 Å². The maximum Gasteiger partial charge on any atom is 0.250 e. The molecule has 0 aliphatic heterocycles. The van der Waals surface area contributed by atoms with E-state index in [1.165, 1.54) is 6.07 Å². The largest absolute Gasteiger partial charge is 0.356 e. The van der Waals surface area contributed by atoms with Crippen LogP contribution in [0.4, 0.5) is 4.39 Å². The van der Waals surface area contributed by atoms with Crippen molar-refractivity contribution in [2.75, 3.05) is 13.6 Å². The number of aliphatic imine (C=N–C) groups is 1. The summed E-state index contributed by atoms with van der Waals surface area (Å²) in [6, 6.07) is 10.5. The highest BCUT2D eigenvalue weighted by Gasteiger charge is 2.02. The van der Waals surface area contributed by atoms with Crippen LogP contribution in [0.25, 0.3) is 0 Å². The SMILES string of the molecule is CN=C(NCCCCn1c(C)cccc1=O)NCc1ccc(C)c(F)c1. The zero-order valence-corrected chi connectivity index (χ0v) is 15.7. The summed E-state index contributed by atoms with van der Waals surface area (Å²) in [5.41, 5.74) is 2.54. The van der Waals surface area contributed by atoms with Gasteiger partial charge in [0.1, 0.15) is 5.82 Å². The Bertz CT molecular complexity index is 814. The van der Waals surface area contributed by atoms with Gasteiger partial charge in [0.05, 0.1) is 0 Å². The second kappa shape index (κ2) is 9.75. The van der Waals surface area contributed by atoms with Crippen LogP contribution in [-0.4, -0.2) is 24.1 Å². The van der Waals surface area contributed by atoms with Crippen molar-refractivity contribution in [1.82, 2.24) is 15.2 Å². The molecule has 0 radical (unpaired) electrons. The average molecular weight is 358 g/mol. The molecule has 0 aliphatic carbocycles. The summed E-state index contributed by atoms with van der Waals surface area (Å²) < 4.78 is 15.4. The number of nitrogens with zero attached hydrogens (tertiary/aromatic N) is 2. The molecule has 0 spiro atoms. The maximum atomic E-state index is 13.6. The third kappa shape index (κ3) is 5.72. The van der Waals surface area contributed by atoms with E-state index in [0.29, 0.717) is 24.6 Å².